The molecule has 0 heterocycles. The molecule has 0 bridgehead atoms. The summed E-state index contributed by atoms with van der Waals surface area (Å²) in [6.07, 6.45) is 1.11. The maximum atomic E-state index is 6.05. The van der Waals surface area contributed by atoms with Crippen LogP contribution in [0.2, 0.25) is 0 Å². The molecule has 2 nitrogen and oxygen atoms in total. The predicted octanol–water partition coefficient (Wildman–Crippen LogP) is 4.65. The topological polar surface area (TPSA) is 21.3 Å². The largest absolute Gasteiger partial charge is 0.491 e. The summed E-state index contributed by atoms with van der Waals surface area (Å²) in [6, 6.07) is 12.8. The molecule has 4 heteroatoms. The Labute approximate surface area is 142 Å². The standard InChI is InChI=1S/C17H17Br2NO/c1-20-9-11-6-15(18)17(16(19)7-11)21-10-13-8-12-4-2-3-5-14(12)13/h2-7,13,20H,8-10H2,1H3. The number of hydrogen-bond donors (Lipinski definition) is 1. The van der Waals surface area contributed by atoms with E-state index >= 15 is 0 Å². The van der Waals surface area contributed by atoms with E-state index in [0.717, 1.165) is 34.3 Å². The number of fused-ring (bicyclic) bond motifs is 1. The summed E-state index contributed by atoms with van der Waals surface area (Å²) < 4.78 is 8.04. The minimum absolute atomic E-state index is 0.511. The van der Waals surface area contributed by atoms with E-state index in [-0.39, 0.29) is 0 Å². The lowest BCUT2D eigenvalue weighted by molar-refractivity contribution is 0.272. The average molecular weight is 411 g/mol. The van der Waals surface area contributed by atoms with E-state index in [1.165, 1.54) is 16.7 Å². The molecule has 3 rings (SSSR count). The fraction of sp³-hybridized carbons (Fsp3) is 0.294. The molecule has 0 fully saturated rings. The van der Waals surface area contributed by atoms with Crippen molar-refractivity contribution in [3.8, 4) is 5.75 Å². The molecule has 0 aliphatic heterocycles. The highest BCUT2D eigenvalue weighted by atomic mass is 79.9. The smallest absolute Gasteiger partial charge is 0.147 e. The van der Waals surface area contributed by atoms with Gasteiger partial charge in [0.15, 0.2) is 0 Å². The van der Waals surface area contributed by atoms with Gasteiger partial charge in [-0.25, -0.2) is 0 Å². The van der Waals surface area contributed by atoms with Crippen molar-refractivity contribution in [3.63, 3.8) is 0 Å². The lowest BCUT2D eigenvalue weighted by Crippen LogP contribution is -2.23. The third-order valence-corrected chi connectivity index (χ3v) is 5.01. The predicted molar refractivity (Wildman–Crippen MR) is 93.0 cm³/mol. The molecular formula is C17H17Br2NO. The zero-order valence-corrected chi connectivity index (χ0v) is 15.0. The van der Waals surface area contributed by atoms with E-state index in [1.807, 2.05) is 7.05 Å². The molecular weight excluding hydrogens is 394 g/mol. The minimum Gasteiger partial charge on any atom is -0.491 e. The number of hydrogen-bond acceptors (Lipinski definition) is 2. The molecule has 0 aromatic heterocycles. The second-order valence-corrected chi connectivity index (χ2v) is 7.04. The van der Waals surface area contributed by atoms with E-state index in [4.69, 9.17) is 4.74 Å². The fourth-order valence-corrected chi connectivity index (χ4v) is 4.26. The van der Waals surface area contributed by atoms with Gasteiger partial charge in [-0.1, -0.05) is 24.3 Å². The summed E-state index contributed by atoms with van der Waals surface area (Å²) >= 11 is 7.21. The second-order valence-electron chi connectivity index (χ2n) is 5.33. The van der Waals surface area contributed by atoms with Crippen LogP contribution < -0.4 is 10.1 Å². The van der Waals surface area contributed by atoms with Gasteiger partial charge >= 0.3 is 0 Å². The average Bonchev–Trinajstić information content (AvgIpc) is 2.42. The number of benzene rings is 2. The molecule has 0 spiro atoms. The molecule has 1 aliphatic rings. The van der Waals surface area contributed by atoms with Gasteiger partial charge in [-0.15, -0.1) is 0 Å². The molecule has 2 aromatic rings. The Morgan fingerprint density at radius 3 is 2.57 bits per heavy atom. The monoisotopic (exact) mass is 409 g/mol. The van der Waals surface area contributed by atoms with Crippen LogP contribution in [0.1, 0.15) is 22.6 Å². The molecule has 1 atom stereocenters. The Balaban J connectivity index is 1.69. The first-order valence-corrected chi connectivity index (χ1v) is 8.60. The molecule has 1 unspecified atom stereocenters. The van der Waals surface area contributed by atoms with Crippen LogP contribution in [-0.2, 0) is 13.0 Å². The number of rotatable bonds is 5. The molecule has 0 radical (unpaired) electrons. The first kappa shape index (κ1) is 15.1. The van der Waals surface area contributed by atoms with Crippen LogP contribution in [0.5, 0.6) is 5.75 Å². The summed E-state index contributed by atoms with van der Waals surface area (Å²) in [5.41, 5.74) is 4.10. The highest BCUT2D eigenvalue weighted by molar-refractivity contribution is 9.11. The van der Waals surface area contributed by atoms with Crippen molar-refractivity contribution in [2.75, 3.05) is 13.7 Å². The number of ether oxygens (including phenoxy) is 1. The van der Waals surface area contributed by atoms with Gasteiger partial charge in [0.1, 0.15) is 5.75 Å². The maximum absolute atomic E-state index is 6.05. The summed E-state index contributed by atoms with van der Waals surface area (Å²) in [5.74, 6) is 1.40. The third-order valence-electron chi connectivity index (χ3n) is 3.83. The minimum atomic E-state index is 0.511. The molecule has 1 aliphatic carbocycles. The van der Waals surface area contributed by atoms with E-state index in [1.54, 1.807) is 0 Å². The SMILES string of the molecule is CNCc1cc(Br)c(OCC2Cc3ccccc32)c(Br)c1. The molecule has 0 saturated carbocycles. The van der Waals surface area contributed by atoms with Crippen LogP contribution in [0.25, 0.3) is 0 Å². The maximum Gasteiger partial charge on any atom is 0.147 e. The quantitative estimate of drug-likeness (QED) is 0.774. The van der Waals surface area contributed by atoms with Crippen LogP contribution in [0.15, 0.2) is 45.3 Å². The van der Waals surface area contributed by atoms with Gasteiger partial charge in [0.2, 0.25) is 0 Å². The van der Waals surface area contributed by atoms with E-state index < -0.39 is 0 Å². The number of halogens is 2. The Morgan fingerprint density at radius 1 is 1.19 bits per heavy atom. The first-order chi connectivity index (χ1) is 10.2. The summed E-state index contributed by atoms with van der Waals surface area (Å²) in [6.45, 7) is 1.56. The molecule has 21 heavy (non-hydrogen) atoms. The normalized spacial score (nSPS) is 16.2. The Hall–Kier alpha value is -0.840. The fourth-order valence-electron chi connectivity index (χ4n) is 2.75. The Morgan fingerprint density at radius 2 is 1.90 bits per heavy atom. The van der Waals surface area contributed by atoms with E-state index in [2.05, 4.69) is 73.6 Å². The van der Waals surface area contributed by atoms with Gasteiger partial charge in [-0.3, -0.25) is 0 Å². The lowest BCUT2D eigenvalue weighted by Gasteiger charge is -2.30. The van der Waals surface area contributed by atoms with Gasteiger partial charge in [0.25, 0.3) is 0 Å². The second kappa shape index (κ2) is 6.51. The first-order valence-electron chi connectivity index (χ1n) is 7.02. The Kier molecular flexibility index (Phi) is 4.67. The van der Waals surface area contributed by atoms with Crippen LogP contribution >= 0.6 is 31.9 Å². The van der Waals surface area contributed by atoms with Gasteiger partial charge in [0, 0.05) is 12.5 Å². The van der Waals surface area contributed by atoms with Crippen molar-refractivity contribution >= 4 is 31.9 Å². The van der Waals surface area contributed by atoms with E-state index in [0.29, 0.717) is 5.92 Å². The summed E-state index contributed by atoms with van der Waals surface area (Å²) in [4.78, 5) is 0. The van der Waals surface area contributed by atoms with Gasteiger partial charge in [-0.2, -0.15) is 0 Å². The van der Waals surface area contributed by atoms with Gasteiger partial charge in [-0.05, 0) is 74.2 Å². The van der Waals surface area contributed by atoms with Crippen LogP contribution in [0.4, 0.5) is 0 Å². The molecule has 110 valence electrons. The lowest BCUT2D eigenvalue weighted by atomic mass is 9.78. The van der Waals surface area contributed by atoms with Gasteiger partial charge in [0.05, 0.1) is 15.6 Å². The third kappa shape index (κ3) is 3.17. The molecule has 2 aromatic carbocycles. The zero-order valence-electron chi connectivity index (χ0n) is 11.8. The van der Waals surface area contributed by atoms with Crippen molar-refractivity contribution in [2.45, 2.75) is 18.9 Å². The van der Waals surface area contributed by atoms with Crippen LogP contribution in [0.3, 0.4) is 0 Å². The van der Waals surface area contributed by atoms with Crippen molar-refractivity contribution in [3.05, 3.63) is 62.0 Å². The highest BCUT2D eigenvalue weighted by Crippen LogP contribution is 2.38. The highest BCUT2D eigenvalue weighted by Gasteiger charge is 2.26. The molecule has 0 saturated heterocycles. The van der Waals surface area contributed by atoms with Gasteiger partial charge < -0.3 is 10.1 Å². The van der Waals surface area contributed by atoms with Crippen molar-refractivity contribution in [1.29, 1.82) is 0 Å². The molecule has 0 amide bonds. The number of nitrogens with one attached hydrogen (secondary N) is 1. The molecule has 1 N–H and O–H groups in total. The van der Waals surface area contributed by atoms with Crippen molar-refractivity contribution < 1.29 is 4.74 Å². The van der Waals surface area contributed by atoms with Crippen molar-refractivity contribution in [2.24, 2.45) is 0 Å². The Bertz CT molecular complexity index is 634. The van der Waals surface area contributed by atoms with E-state index in [9.17, 15) is 0 Å². The van der Waals surface area contributed by atoms with Crippen LogP contribution in [-0.4, -0.2) is 13.7 Å². The van der Waals surface area contributed by atoms with Crippen LogP contribution in [0, 0.1) is 0 Å². The van der Waals surface area contributed by atoms with Crippen molar-refractivity contribution in [1.82, 2.24) is 5.32 Å². The zero-order chi connectivity index (χ0) is 14.8. The summed E-state index contributed by atoms with van der Waals surface area (Å²) in [5, 5.41) is 3.15. The summed E-state index contributed by atoms with van der Waals surface area (Å²) in [7, 11) is 1.94.